The molecule has 3 nitrogen and oxygen atoms in total. The van der Waals surface area contributed by atoms with Crippen LogP contribution in [-0.2, 0) is 14.3 Å². The molecule has 0 aromatic heterocycles. The zero-order valence-electron chi connectivity index (χ0n) is 8.07. The Balaban J connectivity index is 1.91. The van der Waals surface area contributed by atoms with Gasteiger partial charge in [-0.05, 0) is 18.9 Å². The van der Waals surface area contributed by atoms with Crippen molar-refractivity contribution in [1.29, 1.82) is 0 Å². The maximum Gasteiger partial charge on any atom is 0.174 e. The van der Waals surface area contributed by atoms with Crippen LogP contribution in [0.3, 0.4) is 0 Å². The summed E-state index contributed by atoms with van der Waals surface area (Å²) in [6.07, 6.45) is 6.39. The van der Waals surface area contributed by atoms with E-state index in [-0.39, 0.29) is 17.5 Å². The van der Waals surface area contributed by atoms with Crippen LogP contribution in [0.5, 0.6) is 0 Å². The molecular weight excluding hydrogens is 180 g/mol. The van der Waals surface area contributed by atoms with Crippen LogP contribution in [0.2, 0.25) is 0 Å². The van der Waals surface area contributed by atoms with Crippen LogP contribution >= 0.6 is 0 Å². The van der Waals surface area contributed by atoms with Crippen LogP contribution in [0.25, 0.3) is 0 Å². The number of ketones is 1. The first-order valence-corrected chi connectivity index (χ1v) is 5.30. The Kier molecular flexibility index (Phi) is 1.79. The number of carbonyl (C=O) groups excluding carboxylic acids is 1. The highest BCUT2D eigenvalue weighted by molar-refractivity contribution is 5.92. The smallest absolute Gasteiger partial charge is 0.174 e. The molecule has 0 radical (unpaired) electrons. The predicted octanol–water partition coefficient (Wildman–Crippen LogP) is 1.28. The molecule has 0 aromatic carbocycles. The SMILES string of the molecule is O=C1C=CC2CC1CCC21OCCO1. The lowest BCUT2D eigenvalue weighted by Gasteiger charge is -2.42. The topological polar surface area (TPSA) is 35.5 Å². The van der Waals surface area contributed by atoms with E-state index in [9.17, 15) is 4.79 Å². The zero-order valence-corrected chi connectivity index (χ0v) is 8.07. The quantitative estimate of drug-likeness (QED) is 0.582. The molecule has 3 heteroatoms. The van der Waals surface area contributed by atoms with Crippen LogP contribution in [0.1, 0.15) is 19.3 Å². The molecule has 1 spiro atoms. The van der Waals surface area contributed by atoms with Crippen LogP contribution in [0, 0.1) is 11.8 Å². The van der Waals surface area contributed by atoms with Crippen LogP contribution in [0.15, 0.2) is 12.2 Å². The standard InChI is InChI=1S/C11H14O3/c12-10-2-1-9-7-8(10)3-4-11(9)13-5-6-14-11/h1-2,8-9H,3-7H2. The molecule has 1 heterocycles. The van der Waals surface area contributed by atoms with Crippen molar-refractivity contribution >= 4 is 5.78 Å². The molecule has 2 unspecified atom stereocenters. The van der Waals surface area contributed by atoms with Gasteiger partial charge < -0.3 is 9.47 Å². The van der Waals surface area contributed by atoms with Crippen LogP contribution < -0.4 is 0 Å². The van der Waals surface area contributed by atoms with Gasteiger partial charge in [0.25, 0.3) is 0 Å². The van der Waals surface area contributed by atoms with Gasteiger partial charge in [-0.25, -0.2) is 0 Å². The second-order valence-electron chi connectivity index (χ2n) is 4.35. The fraction of sp³-hybridized carbons (Fsp3) is 0.727. The maximum atomic E-state index is 11.4. The van der Waals surface area contributed by atoms with Gasteiger partial charge in [0, 0.05) is 18.3 Å². The minimum Gasteiger partial charge on any atom is -0.347 e. The molecule has 0 amide bonds. The fourth-order valence-electron chi connectivity index (χ4n) is 2.82. The van der Waals surface area contributed by atoms with Crippen molar-refractivity contribution in [3.63, 3.8) is 0 Å². The van der Waals surface area contributed by atoms with Crippen molar-refractivity contribution in [2.24, 2.45) is 11.8 Å². The van der Waals surface area contributed by atoms with E-state index in [0.717, 1.165) is 19.3 Å². The lowest BCUT2D eigenvalue weighted by Crippen LogP contribution is -2.46. The molecule has 2 fully saturated rings. The normalized spacial score (nSPS) is 39.3. The Morgan fingerprint density at radius 3 is 2.93 bits per heavy atom. The van der Waals surface area contributed by atoms with E-state index in [0.29, 0.717) is 19.1 Å². The molecule has 0 aromatic rings. The molecule has 2 bridgehead atoms. The Bertz CT molecular complexity index is 289. The summed E-state index contributed by atoms with van der Waals surface area (Å²) in [7, 11) is 0. The van der Waals surface area contributed by atoms with Crippen molar-refractivity contribution in [2.75, 3.05) is 13.2 Å². The lowest BCUT2D eigenvalue weighted by atomic mass is 9.72. The van der Waals surface area contributed by atoms with Crippen molar-refractivity contribution in [2.45, 2.75) is 25.0 Å². The molecule has 76 valence electrons. The van der Waals surface area contributed by atoms with Crippen molar-refractivity contribution < 1.29 is 14.3 Å². The lowest BCUT2D eigenvalue weighted by molar-refractivity contribution is -0.207. The monoisotopic (exact) mass is 194 g/mol. The third-order valence-corrected chi connectivity index (χ3v) is 3.62. The third kappa shape index (κ3) is 1.09. The minimum absolute atomic E-state index is 0.225. The van der Waals surface area contributed by atoms with Crippen molar-refractivity contribution in [3.05, 3.63) is 12.2 Å². The van der Waals surface area contributed by atoms with Gasteiger partial charge in [-0.2, -0.15) is 0 Å². The third-order valence-electron chi connectivity index (χ3n) is 3.62. The largest absolute Gasteiger partial charge is 0.347 e. The number of fused-ring (bicyclic) bond motifs is 3. The predicted molar refractivity (Wildman–Crippen MR) is 49.6 cm³/mol. The minimum atomic E-state index is -0.381. The molecule has 0 N–H and O–H groups in total. The fourth-order valence-corrected chi connectivity index (χ4v) is 2.82. The molecule has 1 aliphatic heterocycles. The highest BCUT2D eigenvalue weighted by Crippen LogP contribution is 2.45. The molecule has 2 atom stereocenters. The maximum absolute atomic E-state index is 11.4. The van der Waals surface area contributed by atoms with E-state index in [1.54, 1.807) is 6.08 Å². The zero-order chi connectivity index (χ0) is 9.60. The highest BCUT2D eigenvalue weighted by Gasteiger charge is 2.49. The molecule has 1 saturated carbocycles. The highest BCUT2D eigenvalue weighted by atomic mass is 16.7. The second kappa shape index (κ2) is 2.91. The number of ether oxygens (including phenoxy) is 2. The average molecular weight is 194 g/mol. The van der Waals surface area contributed by atoms with E-state index in [4.69, 9.17) is 9.47 Å². The Morgan fingerprint density at radius 2 is 2.14 bits per heavy atom. The first-order chi connectivity index (χ1) is 6.80. The molecule has 3 aliphatic rings. The van der Waals surface area contributed by atoms with E-state index in [2.05, 4.69) is 0 Å². The van der Waals surface area contributed by atoms with Gasteiger partial charge in [0.1, 0.15) is 0 Å². The summed E-state index contributed by atoms with van der Waals surface area (Å²) in [4.78, 5) is 11.4. The van der Waals surface area contributed by atoms with Crippen molar-refractivity contribution in [3.8, 4) is 0 Å². The number of hydrogen-bond acceptors (Lipinski definition) is 3. The summed E-state index contributed by atoms with van der Waals surface area (Å²) in [5, 5.41) is 0. The molecule has 3 rings (SSSR count). The summed E-state index contributed by atoms with van der Waals surface area (Å²) in [6.45, 7) is 1.39. The first kappa shape index (κ1) is 8.62. The summed E-state index contributed by atoms with van der Waals surface area (Å²) < 4.78 is 11.4. The second-order valence-corrected chi connectivity index (χ2v) is 4.35. The van der Waals surface area contributed by atoms with Gasteiger partial charge in [-0.3, -0.25) is 4.79 Å². The molecule has 14 heavy (non-hydrogen) atoms. The summed E-state index contributed by atoms with van der Waals surface area (Å²) >= 11 is 0. The number of allylic oxidation sites excluding steroid dienone is 1. The molecule has 2 aliphatic carbocycles. The molecular formula is C11H14O3. The Labute approximate surface area is 83.1 Å². The van der Waals surface area contributed by atoms with E-state index in [1.165, 1.54) is 0 Å². The number of rotatable bonds is 0. The van der Waals surface area contributed by atoms with E-state index >= 15 is 0 Å². The van der Waals surface area contributed by atoms with Crippen molar-refractivity contribution in [1.82, 2.24) is 0 Å². The van der Waals surface area contributed by atoms with Gasteiger partial charge in [-0.1, -0.05) is 6.08 Å². The Morgan fingerprint density at radius 1 is 1.36 bits per heavy atom. The number of hydrogen-bond donors (Lipinski definition) is 0. The summed E-state index contributed by atoms with van der Waals surface area (Å²) in [5.74, 6) is 0.423. The van der Waals surface area contributed by atoms with Crippen LogP contribution in [0.4, 0.5) is 0 Å². The summed E-state index contributed by atoms with van der Waals surface area (Å²) in [5.41, 5.74) is 0. The van der Waals surface area contributed by atoms with E-state index in [1.807, 2.05) is 6.08 Å². The van der Waals surface area contributed by atoms with Gasteiger partial charge >= 0.3 is 0 Å². The van der Waals surface area contributed by atoms with Gasteiger partial charge in [0.05, 0.1) is 13.2 Å². The average Bonchev–Trinajstić information content (AvgIpc) is 2.66. The van der Waals surface area contributed by atoms with Gasteiger partial charge in [-0.15, -0.1) is 0 Å². The molecule has 1 saturated heterocycles. The Hall–Kier alpha value is -0.670. The van der Waals surface area contributed by atoms with Gasteiger partial charge in [0.15, 0.2) is 11.6 Å². The summed E-state index contributed by atoms with van der Waals surface area (Å²) in [6, 6.07) is 0. The number of carbonyl (C=O) groups is 1. The first-order valence-electron chi connectivity index (χ1n) is 5.30. The van der Waals surface area contributed by atoms with Gasteiger partial charge in [0.2, 0.25) is 0 Å². The van der Waals surface area contributed by atoms with Crippen LogP contribution in [-0.4, -0.2) is 24.8 Å². The van der Waals surface area contributed by atoms with E-state index < -0.39 is 0 Å².